The largest absolute Gasteiger partial charge is 0.324 e. The number of nitrogens with zero attached hydrogens (tertiary/aromatic N) is 1. The lowest BCUT2D eigenvalue weighted by Gasteiger charge is -2.35. The highest BCUT2D eigenvalue weighted by atomic mass is 35.5. The zero-order valence-electron chi connectivity index (χ0n) is 17.7. The second-order valence-electron chi connectivity index (χ2n) is 8.40. The van der Waals surface area contributed by atoms with Crippen LogP contribution in [0.1, 0.15) is 22.6 Å². The third-order valence-electron chi connectivity index (χ3n) is 6.71. The monoisotopic (exact) mass is 442 g/mol. The number of ketones is 1. The summed E-state index contributed by atoms with van der Waals surface area (Å²) in [4.78, 5) is 29.4. The first kappa shape index (κ1) is 20.7. The number of halogens is 1. The van der Waals surface area contributed by atoms with Crippen molar-refractivity contribution in [3.63, 3.8) is 0 Å². The van der Waals surface area contributed by atoms with Crippen molar-refractivity contribution in [1.82, 2.24) is 4.90 Å². The Morgan fingerprint density at radius 3 is 2.50 bits per heavy atom. The predicted molar refractivity (Wildman–Crippen MR) is 128 cm³/mol. The number of likely N-dealkylation sites (N-methyl/N-ethyl adjacent to an activating group) is 1. The Morgan fingerprint density at radius 1 is 1.03 bits per heavy atom. The molecule has 0 radical (unpaired) electrons. The van der Waals surface area contributed by atoms with Gasteiger partial charge >= 0.3 is 0 Å². The van der Waals surface area contributed by atoms with E-state index in [-0.39, 0.29) is 17.6 Å². The van der Waals surface area contributed by atoms with E-state index in [2.05, 4.69) is 5.32 Å². The van der Waals surface area contributed by atoms with Gasteiger partial charge in [0.05, 0.1) is 5.92 Å². The zero-order valence-corrected chi connectivity index (χ0v) is 18.4. The van der Waals surface area contributed by atoms with Gasteiger partial charge in [-0.2, -0.15) is 0 Å². The topological polar surface area (TPSA) is 49.4 Å². The first-order valence-electron chi connectivity index (χ1n) is 10.7. The van der Waals surface area contributed by atoms with Gasteiger partial charge in [-0.05, 0) is 36.4 Å². The molecule has 2 heterocycles. The molecular formula is C27H23ClN2O2. The number of likely N-dealkylation sites (tertiary alicyclic amines) is 1. The van der Waals surface area contributed by atoms with Crippen LogP contribution in [0.15, 0.2) is 84.9 Å². The molecule has 2 aliphatic heterocycles. The highest BCUT2D eigenvalue weighted by Gasteiger charge is 2.63. The van der Waals surface area contributed by atoms with Crippen LogP contribution in [-0.2, 0) is 15.1 Å². The number of hydrogen-bond acceptors (Lipinski definition) is 3. The van der Waals surface area contributed by atoms with Gasteiger partial charge in [0.15, 0.2) is 5.78 Å². The lowest BCUT2D eigenvalue weighted by Crippen LogP contribution is -2.51. The van der Waals surface area contributed by atoms with E-state index in [9.17, 15) is 9.59 Å². The number of fused-ring (bicyclic) bond motifs is 2. The van der Waals surface area contributed by atoms with E-state index in [1.807, 2.05) is 96.9 Å². The number of para-hydroxylation sites is 1. The van der Waals surface area contributed by atoms with Crippen LogP contribution >= 0.6 is 11.6 Å². The fraction of sp³-hybridized carbons (Fsp3) is 0.185. The number of benzene rings is 3. The Kier molecular flexibility index (Phi) is 5.20. The van der Waals surface area contributed by atoms with Crippen molar-refractivity contribution in [3.05, 3.63) is 107 Å². The summed E-state index contributed by atoms with van der Waals surface area (Å²) in [6, 6.07) is 24.9. The molecule has 1 amide bonds. The van der Waals surface area contributed by atoms with Crippen LogP contribution < -0.4 is 5.32 Å². The molecule has 5 rings (SSSR count). The number of hydrogen-bond donors (Lipinski definition) is 1. The molecule has 0 aliphatic carbocycles. The molecule has 2 aliphatic rings. The summed E-state index contributed by atoms with van der Waals surface area (Å²) in [7, 11) is 1.92. The van der Waals surface area contributed by atoms with Gasteiger partial charge in [-0.1, -0.05) is 84.4 Å². The summed E-state index contributed by atoms with van der Waals surface area (Å²) in [5, 5.41) is 3.63. The number of nitrogens with one attached hydrogen (secondary N) is 1. The lowest BCUT2D eigenvalue weighted by atomic mass is 9.71. The molecule has 4 nitrogen and oxygen atoms in total. The van der Waals surface area contributed by atoms with Crippen molar-refractivity contribution < 1.29 is 9.59 Å². The minimum atomic E-state index is -1.08. The fourth-order valence-electron chi connectivity index (χ4n) is 5.33. The normalized spacial score (nSPS) is 24.8. The summed E-state index contributed by atoms with van der Waals surface area (Å²) >= 11 is 6.58. The Labute approximate surface area is 192 Å². The van der Waals surface area contributed by atoms with E-state index < -0.39 is 11.5 Å². The van der Waals surface area contributed by atoms with Gasteiger partial charge in [0.1, 0.15) is 5.54 Å². The SMILES string of the molecule is CN1CC(c2ccccc2Cl)C(C(=O)C=Cc2ccccc2)C12C(=O)Nc1ccccc12. The molecule has 0 bridgehead atoms. The van der Waals surface area contributed by atoms with Crippen LogP contribution in [0.25, 0.3) is 6.08 Å². The second-order valence-corrected chi connectivity index (χ2v) is 8.81. The summed E-state index contributed by atoms with van der Waals surface area (Å²) in [6.07, 6.45) is 3.43. The first-order valence-corrected chi connectivity index (χ1v) is 11.0. The van der Waals surface area contributed by atoms with E-state index in [1.165, 1.54) is 0 Å². The molecule has 3 unspecified atom stereocenters. The van der Waals surface area contributed by atoms with E-state index in [1.54, 1.807) is 6.08 Å². The molecule has 32 heavy (non-hydrogen) atoms. The molecule has 1 fully saturated rings. The first-order chi connectivity index (χ1) is 15.5. The molecule has 1 N–H and O–H groups in total. The average Bonchev–Trinajstić information content (AvgIpc) is 3.28. The van der Waals surface area contributed by atoms with Gasteiger partial charge in [0, 0.05) is 28.7 Å². The van der Waals surface area contributed by atoms with E-state index in [0.29, 0.717) is 11.6 Å². The standard InChI is InChI=1S/C27H23ClN2O2/c1-30-17-20(19-11-5-7-13-22(19)28)25(24(31)16-15-18-9-3-2-4-10-18)27(30)21-12-6-8-14-23(21)29-26(27)32/h2-16,20,25H,17H2,1H3,(H,29,32). The van der Waals surface area contributed by atoms with Crippen LogP contribution in [-0.4, -0.2) is 30.2 Å². The highest BCUT2D eigenvalue weighted by molar-refractivity contribution is 6.31. The van der Waals surface area contributed by atoms with Crippen LogP contribution in [0.2, 0.25) is 5.02 Å². The van der Waals surface area contributed by atoms with Crippen molar-refractivity contribution in [2.45, 2.75) is 11.5 Å². The second kappa shape index (κ2) is 8.05. The zero-order chi connectivity index (χ0) is 22.3. The molecule has 3 atom stereocenters. The molecule has 1 spiro atoms. The van der Waals surface area contributed by atoms with Crippen molar-refractivity contribution >= 4 is 35.1 Å². The Bertz CT molecular complexity index is 1220. The van der Waals surface area contributed by atoms with Crippen molar-refractivity contribution in [2.24, 2.45) is 5.92 Å². The van der Waals surface area contributed by atoms with Gasteiger partial charge in [-0.25, -0.2) is 0 Å². The number of carbonyl (C=O) groups is 2. The maximum Gasteiger partial charge on any atom is 0.250 e. The van der Waals surface area contributed by atoms with Gasteiger partial charge in [0.2, 0.25) is 5.91 Å². The maximum absolute atomic E-state index is 13.8. The van der Waals surface area contributed by atoms with E-state index in [4.69, 9.17) is 11.6 Å². The van der Waals surface area contributed by atoms with Crippen LogP contribution in [0.4, 0.5) is 5.69 Å². The van der Waals surface area contributed by atoms with Crippen LogP contribution in [0, 0.1) is 5.92 Å². The molecule has 0 aromatic heterocycles. The Balaban J connectivity index is 1.66. The third-order valence-corrected chi connectivity index (χ3v) is 7.05. The number of allylic oxidation sites excluding steroid dienone is 1. The van der Waals surface area contributed by atoms with Crippen LogP contribution in [0.5, 0.6) is 0 Å². The lowest BCUT2D eigenvalue weighted by molar-refractivity contribution is -0.133. The quantitative estimate of drug-likeness (QED) is 0.571. The maximum atomic E-state index is 13.8. The predicted octanol–water partition coefficient (Wildman–Crippen LogP) is 5.12. The Hall–Kier alpha value is -3.21. The summed E-state index contributed by atoms with van der Waals surface area (Å²) in [5.41, 5.74) is 2.34. The summed E-state index contributed by atoms with van der Waals surface area (Å²) < 4.78 is 0. The van der Waals surface area contributed by atoms with E-state index in [0.717, 1.165) is 22.4 Å². The smallest absolute Gasteiger partial charge is 0.250 e. The average molecular weight is 443 g/mol. The minimum Gasteiger partial charge on any atom is -0.324 e. The van der Waals surface area contributed by atoms with Gasteiger partial charge in [0.25, 0.3) is 0 Å². The van der Waals surface area contributed by atoms with Gasteiger partial charge < -0.3 is 5.32 Å². The van der Waals surface area contributed by atoms with Crippen molar-refractivity contribution in [1.29, 1.82) is 0 Å². The number of amides is 1. The number of rotatable bonds is 4. The minimum absolute atomic E-state index is 0.0880. The third kappa shape index (κ3) is 3.10. The molecule has 160 valence electrons. The molecule has 3 aromatic carbocycles. The number of carbonyl (C=O) groups excluding carboxylic acids is 2. The van der Waals surface area contributed by atoms with Crippen molar-refractivity contribution in [3.8, 4) is 0 Å². The van der Waals surface area contributed by atoms with Gasteiger partial charge in [-0.15, -0.1) is 0 Å². The molecule has 3 aromatic rings. The summed E-state index contributed by atoms with van der Waals surface area (Å²) in [5.74, 6) is -1.09. The number of anilines is 1. The van der Waals surface area contributed by atoms with E-state index >= 15 is 0 Å². The highest BCUT2D eigenvalue weighted by Crippen LogP contribution is 2.55. The summed E-state index contributed by atoms with van der Waals surface area (Å²) in [6.45, 7) is 0.543. The molecule has 1 saturated heterocycles. The molecular weight excluding hydrogens is 420 g/mol. The fourth-order valence-corrected chi connectivity index (χ4v) is 5.61. The molecule has 5 heteroatoms. The van der Waals surface area contributed by atoms with Crippen molar-refractivity contribution in [2.75, 3.05) is 18.9 Å². The van der Waals surface area contributed by atoms with Gasteiger partial charge in [-0.3, -0.25) is 14.5 Å². The van der Waals surface area contributed by atoms with Crippen LogP contribution in [0.3, 0.4) is 0 Å². The molecule has 0 saturated carbocycles. The Morgan fingerprint density at radius 2 is 1.72 bits per heavy atom.